The Morgan fingerprint density at radius 2 is 1.42 bits per heavy atom. The zero-order valence-corrected chi connectivity index (χ0v) is 20.6. The molecule has 4 rings (SSSR count). The minimum absolute atomic E-state index is 0.0227. The number of benzene rings is 3. The maximum atomic E-state index is 13.6. The van der Waals surface area contributed by atoms with E-state index in [4.69, 9.17) is 9.47 Å². The van der Waals surface area contributed by atoms with Crippen LogP contribution in [0.5, 0.6) is 28.7 Å². The Hall–Kier alpha value is -5.18. The predicted molar refractivity (Wildman–Crippen MR) is 142 cm³/mol. The smallest absolute Gasteiger partial charge is 0.320 e. The third kappa shape index (κ3) is 5.62. The molecule has 1 unspecified atom stereocenters. The molecule has 1 atom stereocenters. The molecule has 9 heteroatoms. The number of ketones is 1. The van der Waals surface area contributed by atoms with Gasteiger partial charge < -0.3 is 35.4 Å². The summed E-state index contributed by atoms with van der Waals surface area (Å²) in [6.45, 7) is 0. The van der Waals surface area contributed by atoms with Crippen molar-refractivity contribution in [2.45, 2.75) is 6.04 Å². The number of para-hydroxylation sites is 1. The van der Waals surface area contributed by atoms with Crippen LogP contribution < -0.4 is 20.1 Å². The number of phenols is 3. The lowest BCUT2D eigenvalue weighted by atomic mass is 9.91. The number of urea groups is 1. The van der Waals surface area contributed by atoms with E-state index in [0.717, 1.165) is 0 Å². The molecule has 0 saturated carbocycles. The Morgan fingerprint density at radius 1 is 0.816 bits per heavy atom. The Labute approximate surface area is 219 Å². The molecule has 194 valence electrons. The van der Waals surface area contributed by atoms with Crippen molar-refractivity contribution in [3.63, 3.8) is 0 Å². The highest BCUT2D eigenvalue weighted by atomic mass is 16.5. The SMILES string of the molecule is COc1cc(/C=C/C(=O)C2=C(/C=C/c3ccc(O)c(OC)c3)NC(=O)NC2c2ccccc2O)ccc1O. The number of hydrogen-bond donors (Lipinski definition) is 5. The summed E-state index contributed by atoms with van der Waals surface area (Å²) in [6, 6.07) is 14.3. The monoisotopic (exact) mass is 514 g/mol. The van der Waals surface area contributed by atoms with Gasteiger partial charge in [0.15, 0.2) is 28.8 Å². The summed E-state index contributed by atoms with van der Waals surface area (Å²) in [5.74, 6) is -0.0394. The van der Waals surface area contributed by atoms with Gasteiger partial charge in [0.05, 0.1) is 31.5 Å². The molecule has 3 aromatic rings. The van der Waals surface area contributed by atoms with Gasteiger partial charge in [0.2, 0.25) is 0 Å². The van der Waals surface area contributed by atoms with Crippen LogP contribution in [0, 0.1) is 0 Å². The molecule has 3 aromatic carbocycles. The van der Waals surface area contributed by atoms with E-state index >= 15 is 0 Å². The molecular formula is C29H26N2O7. The predicted octanol–water partition coefficient (Wildman–Crippen LogP) is 4.42. The molecule has 0 aliphatic carbocycles. The van der Waals surface area contributed by atoms with Crippen LogP contribution in [0.15, 0.2) is 84.1 Å². The number of phenolic OH excluding ortho intramolecular Hbond substituents is 3. The van der Waals surface area contributed by atoms with Crippen LogP contribution in [-0.4, -0.2) is 41.4 Å². The molecule has 9 nitrogen and oxygen atoms in total. The maximum absolute atomic E-state index is 13.6. The van der Waals surface area contributed by atoms with Crippen molar-refractivity contribution in [2.75, 3.05) is 14.2 Å². The van der Waals surface area contributed by atoms with Crippen molar-refractivity contribution in [3.05, 3.63) is 101 Å². The van der Waals surface area contributed by atoms with Crippen molar-refractivity contribution in [1.29, 1.82) is 0 Å². The van der Waals surface area contributed by atoms with E-state index in [1.807, 2.05) is 0 Å². The first-order valence-corrected chi connectivity index (χ1v) is 11.5. The van der Waals surface area contributed by atoms with E-state index in [-0.39, 0.29) is 40.0 Å². The summed E-state index contributed by atoms with van der Waals surface area (Å²) in [5.41, 5.74) is 2.02. The molecule has 0 spiro atoms. The molecule has 1 aliphatic heterocycles. The first kappa shape index (κ1) is 25.9. The zero-order chi connectivity index (χ0) is 27.2. The fraction of sp³-hybridized carbons (Fsp3) is 0.103. The first-order chi connectivity index (χ1) is 18.3. The fourth-order valence-electron chi connectivity index (χ4n) is 3.99. The van der Waals surface area contributed by atoms with E-state index in [2.05, 4.69) is 10.6 Å². The van der Waals surface area contributed by atoms with Crippen LogP contribution in [0.1, 0.15) is 22.7 Å². The number of ether oxygens (including phenoxy) is 2. The minimum Gasteiger partial charge on any atom is -0.508 e. The highest BCUT2D eigenvalue weighted by Crippen LogP contribution is 2.34. The standard InChI is InChI=1S/C29H26N2O7/c1-37-25-15-17(8-12-22(25)33)7-11-20-27(24(35)14-10-18-9-13-23(34)26(16-18)38-2)28(31-29(36)30-20)19-5-3-4-6-21(19)32/h3-16,28,32-34H,1-2H3,(H2,30,31,36)/b11-7+,14-10+. The quantitative estimate of drug-likeness (QED) is 0.281. The minimum atomic E-state index is -0.939. The molecule has 38 heavy (non-hydrogen) atoms. The number of carbonyl (C=O) groups excluding carboxylic acids is 2. The average molecular weight is 515 g/mol. The second-order valence-electron chi connectivity index (χ2n) is 8.31. The Morgan fingerprint density at radius 3 is 2.03 bits per heavy atom. The van der Waals surface area contributed by atoms with Gasteiger partial charge in [0, 0.05) is 5.56 Å². The van der Waals surface area contributed by atoms with Crippen LogP contribution in [0.3, 0.4) is 0 Å². The van der Waals surface area contributed by atoms with E-state index in [1.165, 1.54) is 38.5 Å². The van der Waals surface area contributed by atoms with Gasteiger partial charge in [-0.3, -0.25) is 4.79 Å². The highest BCUT2D eigenvalue weighted by molar-refractivity contribution is 6.09. The van der Waals surface area contributed by atoms with Crippen LogP contribution in [0.4, 0.5) is 4.79 Å². The molecule has 0 fully saturated rings. The molecule has 2 amide bonds. The Balaban J connectivity index is 1.79. The summed E-state index contributed by atoms with van der Waals surface area (Å²) >= 11 is 0. The summed E-state index contributed by atoms with van der Waals surface area (Å²) in [5, 5.41) is 35.6. The lowest BCUT2D eigenvalue weighted by Crippen LogP contribution is -2.45. The highest BCUT2D eigenvalue weighted by Gasteiger charge is 2.32. The second kappa shape index (κ2) is 11.3. The van der Waals surface area contributed by atoms with Crippen molar-refractivity contribution in [1.82, 2.24) is 10.6 Å². The van der Waals surface area contributed by atoms with Gasteiger partial charge in [-0.25, -0.2) is 4.79 Å². The molecular weight excluding hydrogens is 488 g/mol. The van der Waals surface area contributed by atoms with Crippen molar-refractivity contribution in [3.8, 4) is 28.7 Å². The van der Waals surface area contributed by atoms with E-state index in [0.29, 0.717) is 16.7 Å². The molecule has 0 radical (unpaired) electrons. The molecule has 0 bridgehead atoms. The maximum Gasteiger partial charge on any atom is 0.320 e. The summed E-state index contributed by atoms with van der Waals surface area (Å²) in [7, 11) is 2.86. The van der Waals surface area contributed by atoms with Gasteiger partial charge in [-0.1, -0.05) is 42.5 Å². The molecule has 0 saturated heterocycles. The number of amides is 2. The van der Waals surface area contributed by atoms with Gasteiger partial charge in [0.25, 0.3) is 0 Å². The van der Waals surface area contributed by atoms with Crippen LogP contribution in [0.25, 0.3) is 12.2 Å². The number of methoxy groups -OCH3 is 2. The van der Waals surface area contributed by atoms with E-state index < -0.39 is 17.9 Å². The number of nitrogens with one attached hydrogen (secondary N) is 2. The summed E-state index contributed by atoms with van der Waals surface area (Å²) in [6.07, 6.45) is 6.13. The van der Waals surface area contributed by atoms with Gasteiger partial charge in [-0.2, -0.15) is 0 Å². The number of hydrogen-bond acceptors (Lipinski definition) is 7. The fourth-order valence-corrected chi connectivity index (χ4v) is 3.99. The number of aromatic hydroxyl groups is 3. The molecule has 5 N–H and O–H groups in total. The van der Waals surface area contributed by atoms with Crippen LogP contribution >= 0.6 is 0 Å². The van der Waals surface area contributed by atoms with Crippen molar-refractivity contribution in [2.24, 2.45) is 0 Å². The topological polar surface area (TPSA) is 137 Å². The van der Waals surface area contributed by atoms with Gasteiger partial charge in [-0.15, -0.1) is 0 Å². The molecule has 1 heterocycles. The van der Waals surface area contributed by atoms with Gasteiger partial charge in [0.1, 0.15) is 5.75 Å². The third-order valence-electron chi connectivity index (χ3n) is 5.89. The molecule has 1 aliphatic rings. The normalized spacial score (nSPS) is 15.4. The third-order valence-corrected chi connectivity index (χ3v) is 5.89. The number of rotatable bonds is 8. The average Bonchev–Trinajstić information content (AvgIpc) is 2.91. The van der Waals surface area contributed by atoms with Crippen molar-refractivity contribution >= 4 is 24.0 Å². The van der Waals surface area contributed by atoms with E-state index in [1.54, 1.807) is 60.7 Å². The Bertz CT molecular complexity index is 1470. The largest absolute Gasteiger partial charge is 0.508 e. The zero-order valence-electron chi connectivity index (χ0n) is 20.6. The first-order valence-electron chi connectivity index (χ1n) is 11.5. The Kier molecular flexibility index (Phi) is 7.67. The molecule has 0 aromatic heterocycles. The van der Waals surface area contributed by atoms with E-state index in [9.17, 15) is 24.9 Å². The van der Waals surface area contributed by atoms with Crippen LogP contribution in [0.2, 0.25) is 0 Å². The lowest BCUT2D eigenvalue weighted by molar-refractivity contribution is -0.111. The summed E-state index contributed by atoms with van der Waals surface area (Å²) in [4.78, 5) is 26.2. The number of carbonyl (C=O) groups is 2. The summed E-state index contributed by atoms with van der Waals surface area (Å²) < 4.78 is 10.3. The number of allylic oxidation sites excluding steroid dienone is 2. The van der Waals surface area contributed by atoms with Gasteiger partial charge >= 0.3 is 6.03 Å². The lowest BCUT2D eigenvalue weighted by Gasteiger charge is -2.28. The van der Waals surface area contributed by atoms with Crippen LogP contribution in [-0.2, 0) is 4.79 Å². The van der Waals surface area contributed by atoms with Crippen molar-refractivity contribution < 1.29 is 34.4 Å². The van der Waals surface area contributed by atoms with Gasteiger partial charge in [-0.05, 0) is 53.6 Å². The second-order valence-corrected chi connectivity index (χ2v) is 8.31.